The summed E-state index contributed by atoms with van der Waals surface area (Å²) in [6, 6.07) is 17.8. The van der Waals surface area contributed by atoms with Crippen LogP contribution in [0.1, 0.15) is 25.5 Å². The Morgan fingerprint density at radius 3 is 2.23 bits per heavy atom. The van der Waals surface area contributed by atoms with E-state index < -0.39 is 0 Å². The van der Waals surface area contributed by atoms with Crippen LogP contribution in [0.15, 0.2) is 54.6 Å². The molecule has 0 spiro atoms. The summed E-state index contributed by atoms with van der Waals surface area (Å²) < 4.78 is 0. The van der Waals surface area contributed by atoms with E-state index in [-0.39, 0.29) is 18.0 Å². The highest BCUT2D eigenvalue weighted by Gasteiger charge is 2.27. The lowest BCUT2D eigenvalue weighted by atomic mass is 10.1. The van der Waals surface area contributed by atoms with Crippen LogP contribution in [0.4, 0.5) is 5.69 Å². The third kappa shape index (κ3) is 4.37. The monoisotopic (exact) mass is 371 g/mol. The van der Waals surface area contributed by atoms with Crippen LogP contribution in [0.3, 0.4) is 0 Å². The first kappa shape index (κ1) is 18.7. The molecular formula is C21H26ClN3O. The van der Waals surface area contributed by atoms with E-state index in [1.807, 2.05) is 62.4 Å². The maximum Gasteiger partial charge on any atom is 0.237 e. The van der Waals surface area contributed by atoms with E-state index in [1.165, 1.54) is 0 Å². The molecule has 1 aliphatic rings. The molecule has 0 aromatic heterocycles. The largest absolute Gasteiger partial charge is 0.368 e. The number of carbonyl (C=O) groups is 1. The van der Waals surface area contributed by atoms with Gasteiger partial charge in [0.1, 0.15) is 0 Å². The van der Waals surface area contributed by atoms with E-state index in [2.05, 4.69) is 21.2 Å². The number of amides is 1. The maximum atomic E-state index is 12.6. The number of para-hydroxylation sites is 1. The molecule has 1 aliphatic heterocycles. The molecule has 2 atom stereocenters. The highest BCUT2D eigenvalue weighted by molar-refractivity contribution is 6.33. The second-order valence-electron chi connectivity index (χ2n) is 6.79. The van der Waals surface area contributed by atoms with Gasteiger partial charge in [-0.15, -0.1) is 0 Å². The molecule has 1 amide bonds. The van der Waals surface area contributed by atoms with Gasteiger partial charge < -0.3 is 10.2 Å². The fourth-order valence-corrected chi connectivity index (χ4v) is 3.64. The summed E-state index contributed by atoms with van der Waals surface area (Å²) in [5.41, 5.74) is 2.19. The molecule has 4 nitrogen and oxygen atoms in total. The Morgan fingerprint density at radius 2 is 1.58 bits per heavy atom. The van der Waals surface area contributed by atoms with Crippen molar-refractivity contribution in [2.24, 2.45) is 0 Å². The van der Waals surface area contributed by atoms with Gasteiger partial charge in [-0.1, -0.05) is 54.1 Å². The van der Waals surface area contributed by atoms with Crippen LogP contribution in [0.25, 0.3) is 0 Å². The average Bonchev–Trinajstić information content (AvgIpc) is 2.68. The zero-order valence-corrected chi connectivity index (χ0v) is 16.1. The highest BCUT2D eigenvalue weighted by atomic mass is 35.5. The van der Waals surface area contributed by atoms with Gasteiger partial charge in [-0.3, -0.25) is 9.69 Å². The van der Waals surface area contributed by atoms with Crippen LogP contribution >= 0.6 is 11.6 Å². The van der Waals surface area contributed by atoms with Crippen LogP contribution in [0.5, 0.6) is 0 Å². The van der Waals surface area contributed by atoms with Crippen molar-refractivity contribution in [2.45, 2.75) is 25.9 Å². The minimum Gasteiger partial charge on any atom is -0.368 e. The number of benzene rings is 2. The molecule has 5 heteroatoms. The summed E-state index contributed by atoms with van der Waals surface area (Å²) in [5, 5.41) is 3.91. The number of hydrogen-bond donors (Lipinski definition) is 1. The summed E-state index contributed by atoms with van der Waals surface area (Å²) in [6.45, 7) is 7.44. The number of nitrogens with one attached hydrogen (secondary N) is 1. The van der Waals surface area contributed by atoms with E-state index in [1.54, 1.807) is 0 Å². The van der Waals surface area contributed by atoms with Crippen molar-refractivity contribution in [2.75, 3.05) is 31.1 Å². The predicted octanol–water partition coefficient (Wildman–Crippen LogP) is 3.73. The fourth-order valence-electron chi connectivity index (χ4n) is 3.38. The summed E-state index contributed by atoms with van der Waals surface area (Å²) in [6.07, 6.45) is 0. The standard InChI is InChI=1S/C21H26ClN3O/c1-16(18-8-4-3-5-9-18)23-21(26)17(2)24-12-14-25(15-13-24)20-11-7-6-10-19(20)22/h3-11,16-17H,12-15H2,1-2H3,(H,23,26). The van der Waals surface area contributed by atoms with Gasteiger partial charge in [0, 0.05) is 26.2 Å². The van der Waals surface area contributed by atoms with Crippen molar-refractivity contribution in [3.05, 3.63) is 65.2 Å². The van der Waals surface area contributed by atoms with Crippen molar-refractivity contribution < 1.29 is 4.79 Å². The molecule has 0 aliphatic carbocycles. The number of rotatable bonds is 5. The number of halogens is 1. The normalized spacial score (nSPS) is 17.6. The lowest BCUT2D eigenvalue weighted by molar-refractivity contribution is -0.126. The van der Waals surface area contributed by atoms with Gasteiger partial charge in [-0.05, 0) is 31.5 Å². The molecule has 1 heterocycles. The molecule has 1 saturated heterocycles. The van der Waals surface area contributed by atoms with E-state index in [4.69, 9.17) is 11.6 Å². The zero-order chi connectivity index (χ0) is 18.5. The quantitative estimate of drug-likeness (QED) is 0.869. The summed E-state index contributed by atoms with van der Waals surface area (Å²) >= 11 is 6.30. The minimum absolute atomic E-state index is 0.00978. The summed E-state index contributed by atoms with van der Waals surface area (Å²) in [7, 11) is 0. The highest BCUT2D eigenvalue weighted by Crippen LogP contribution is 2.26. The van der Waals surface area contributed by atoms with Gasteiger partial charge in [0.2, 0.25) is 5.91 Å². The lowest BCUT2D eigenvalue weighted by Gasteiger charge is -2.39. The van der Waals surface area contributed by atoms with Crippen molar-refractivity contribution in [1.29, 1.82) is 0 Å². The maximum absolute atomic E-state index is 12.6. The molecular weight excluding hydrogens is 346 g/mol. The van der Waals surface area contributed by atoms with Gasteiger partial charge in [0.15, 0.2) is 0 Å². The third-order valence-corrected chi connectivity index (χ3v) is 5.41. The molecule has 138 valence electrons. The van der Waals surface area contributed by atoms with Crippen molar-refractivity contribution >= 4 is 23.2 Å². The Labute approximate surface area is 160 Å². The van der Waals surface area contributed by atoms with E-state index >= 15 is 0 Å². The number of piperazine rings is 1. The Balaban J connectivity index is 1.54. The van der Waals surface area contributed by atoms with Crippen LogP contribution in [-0.4, -0.2) is 43.0 Å². The van der Waals surface area contributed by atoms with Crippen LogP contribution in [-0.2, 0) is 4.79 Å². The first-order chi connectivity index (χ1) is 12.6. The second-order valence-corrected chi connectivity index (χ2v) is 7.20. The van der Waals surface area contributed by atoms with Crippen molar-refractivity contribution in [3.63, 3.8) is 0 Å². The Kier molecular flexibility index (Phi) is 6.17. The predicted molar refractivity (Wildman–Crippen MR) is 108 cm³/mol. The molecule has 0 radical (unpaired) electrons. The third-order valence-electron chi connectivity index (χ3n) is 5.09. The average molecular weight is 372 g/mol. The smallest absolute Gasteiger partial charge is 0.237 e. The van der Waals surface area contributed by atoms with Gasteiger partial charge in [-0.2, -0.15) is 0 Å². The van der Waals surface area contributed by atoms with Crippen LogP contribution < -0.4 is 10.2 Å². The number of nitrogens with zero attached hydrogens (tertiary/aromatic N) is 2. The number of carbonyl (C=O) groups excluding carboxylic acids is 1. The first-order valence-electron chi connectivity index (χ1n) is 9.15. The Hall–Kier alpha value is -2.04. The summed E-state index contributed by atoms with van der Waals surface area (Å²) in [4.78, 5) is 17.2. The molecule has 2 aromatic carbocycles. The Morgan fingerprint density at radius 1 is 0.962 bits per heavy atom. The topological polar surface area (TPSA) is 35.6 Å². The molecule has 2 unspecified atom stereocenters. The summed E-state index contributed by atoms with van der Waals surface area (Å²) in [5.74, 6) is 0.0764. The first-order valence-corrected chi connectivity index (χ1v) is 9.53. The molecule has 0 bridgehead atoms. The van der Waals surface area contributed by atoms with Gasteiger partial charge >= 0.3 is 0 Å². The van der Waals surface area contributed by atoms with Crippen LogP contribution in [0, 0.1) is 0 Å². The van der Waals surface area contributed by atoms with Crippen LogP contribution in [0.2, 0.25) is 5.02 Å². The molecule has 1 fully saturated rings. The van der Waals surface area contributed by atoms with E-state index in [0.29, 0.717) is 0 Å². The lowest BCUT2D eigenvalue weighted by Crippen LogP contribution is -2.54. The van der Waals surface area contributed by atoms with Crippen molar-refractivity contribution in [3.8, 4) is 0 Å². The molecule has 2 aromatic rings. The molecule has 3 rings (SSSR count). The molecule has 1 N–H and O–H groups in total. The number of hydrogen-bond acceptors (Lipinski definition) is 3. The van der Waals surface area contributed by atoms with Crippen molar-refractivity contribution in [1.82, 2.24) is 10.2 Å². The minimum atomic E-state index is -0.144. The van der Waals surface area contributed by atoms with Gasteiger partial charge in [0.05, 0.1) is 22.8 Å². The second kappa shape index (κ2) is 8.56. The van der Waals surface area contributed by atoms with Gasteiger partial charge in [0.25, 0.3) is 0 Å². The molecule has 26 heavy (non-hydrogen) atoms. The van der Waals surface area contributed by atoms with E-state index in [0.717, 1.165) is 42.5 Å². The molecule has 0 saturated carbocycles. The zero-order valence-electron chi connectivity index (χ0n) is 15.4. The Bertz CT molecular complexity index is 729. The number of anilines is 1. The van der Waals surface area contributed by atoms with Gasteiger partial charge in [-0.25, -0.2) is 0 Å². The van der Waals surface area contributed by atoms with E-state index in [9.17, 15) is 4.79 Å². The fraction of sp³-hybridized carbons (Fsp3) is 0.381. The SMILES string of the molecule is CC(NC(=O)C(C)N1CCN(c2ccccc2Cl)CC1)c1ccccc1.